The summed E-state index contributed by atoms with van der Waals surface area (Å²) in [6, 6.07) is 2.15. The van der Waals surface area contributed by atoms with Crippen molar-refractivity contribution < 1.29 is 4.79 Å². The van der Waals surface area contributed by atoms with Gasteiger partial charge >= 0.3 is 0 Å². The molecule has 0 fully saturated rings. The zero-order chi connectivity index (χ0) is 15.6. The van der Waals surface area contributed by atoms with Crippen molar-refractivity contribution in [2.75, 3.05) is 27.2 Å². The Bertz CT molecular complexity index is 501. The second kappa shape index (κ2) is 6.49. The highest BCUT2D eigenvalue weighted by atomic mass is 32.1. The SMILES string of the molecule is CNCCN(C)C(=O)c1cc2c(s1)CCC(C(C)(C)C)C2. The van der Waals surface area contributed by atoms with Gasteiger partial charge in [0.1, 0.15) is 0 Å². The zero-order valence-corrected chi connectivity index (χ0v) is 14.8. The van der Waals surface area contributed by atoms with E-state index < -0.39 is 0 Å². The maximum absolute atomic E-state index is 12.5. The van der Waals surface area contributed by atoms with Crippen molar-refractivity contribution in [3.05, 3.63) is 21.4 Å². The molecule has 0 bridgehead atoms. The summed E-state index contributed by atoms with van der Waals surface area (Å²) in [6.45, 7) is 8.56. The van der Waals surface area contributed by atoms with Crippen LogP contribution in [0.25, 0.3) is 0 Å². The Hall–Kier alpha value is -0.870. The van der Waals surface area contributed by atoms with Crippen LogP contribution in [0.1, 0.15) is 47.3 Å². The topological polar surface area (TPSA) is 32.3 Å². The average Bonchev–Trinajstić information content (AvgIpc) is 2.85. The summed E-state index contributed by atoms with van der Waals surface area (Å²) in [5, 5.41) is 3.09. The fourth-order valence-corrected chi connectivity index (χ4v) is 4.14. The van der Waals surface area contributed by atoms with Gasteiger partial charge in [-0.15, -0.1) is 11.3 Å². The van der Waals surface area contributed by atoms with E-state index in [2.05, 4.69) is 32.2 Å². The molecule has 0 radical (unpaired) electrons. The number of aryl methyl sites for hydroxylation is 1. The molecule has 2 rings (SSSR count). The molecule has 1 aromatic rings. The lowest BCUT2D eigenvalue weighted by Crippen LogP contribution is -2.32. The van der Waals surface area contributed by atoms with E-state index in [0.717, 1.165) is 36.7 Å². The Balaban J connectivity index is 2.09. The van der Waals surface area contributed by atoms with Gasteiger partial charge in [-0.3, -0.25) is 4.79 Å². The molecule has 1 aliphatic carbocycles. The standard InChI is InChI=1S/C17H28N2OS/c1-17(2,3)13-6-7-14-12(10-13)11-15(21-14)16(20)19(5)9-8-18-4/h11,13,18H,6-10H2,1-5H3. The molecule has 1 amide bonds. The second-order valence-corrected chi connectivity index (χ2v) is 8.33. The van der Waals surface area contributed by atoms with Gasteiger partial charge in [0.2, 0.25) is 0 Å². The van der Waals surface area contributed by atoms with Gasteiger partial charge in [0.15, 0.2) is 0 Å². The minimum absolute atomic E-state index is 0.164. The first-order chi connectivity index (χ1) is 9.82. The van der Waals surface area contributed by atoms with E-state index in [4.69, 9.17) is 0 Å². The summed E-state index contributed by atoms with van der Waals surface area (Å²) in [5.74, 6) is 0.890. The summed E-state index contributed by atoms with van der Waals surface area (Å²) in [5.41, 5.74) is 1.77. The third kappa shape index (κ3) is 3.86. The van der Waals surface area contributed by atoms with Crippen molar-refractivity contribution in [2.45, 2.75) is 40.0 Å². The number of carbonyl (C=O) groups is 1. The van der Waals surface area contributed by atoms with Crippen LogP contribution in [0.3, 0.4) is 0 Å². The van der Waals surface area contributed by atoms with E-state index in [1.54, 1.807) is 11.3 Å². The third-order valence-corrected chi connectivity index (χ3v) is 5.79. The molecule has 21 heavy (non-hydrogen) atoms. The maximum atomic E-state index is 12.5. The molecule has 3 nitrogen and oxygen atoms in total. The van der Waals surface area contributed by atoms with Crippen molar-refractivity contribution >= 4 is 17.2 Å². The van der Waals surface area contributed by atoms with E-state index in [-0.39, 0.29) is 5.91 Å². The van der Waals surface area contributed by atoms with Crippen LogP contribution >= 0.6 is 11.3 Å². The number of hydrogen-bond donors (Lipinski definition) is 1. The molecule has 1 N–H and O–H groups in total. The van der Waals surface area contributed by atoms with Gasteiger partial charge in [-0.05, 0) is 49.3 Å². The molecule has 118 valence electrons. The van der Waals surface area contributed by atoms with Crippen LogP contribution < -0.4 is 5.32 Å². The number of nitrogens with zero attached hydrogens (tertiary/aromatic N) is 1. The normalized spacial score (nSPS) is 18.4. The average molecular weight is 308 g/mol. The lowest BCUT2D eigenvalue weighted by molar-refractivity contribution is 0.0801. The number of amides is 1. The molecule has 1 atom stereocenters. The van der Waals surface area contributed by atoms with Crippen molar-refractivity contribution in [2.24, 2.45) is 11.3 Å². The zero-order valence-electron chi connectivity index (χ0n) is 14.0. The van der Waals surface area contributed by atoms with Gasteiger partial charge in [-0.2, -0.15) is 0 Å². The van der Waals surface area contributed by atoms with Crippen molar-refractivity contribution in [1.82, 2.24) is 10.2 Å². The summed E-state index contributed by atoms with van der Waals surface area (Å²) < 4.78 is 0. The van der Waals surface area contributed by atoms with Gasteiger partial charge in [-0.1, -0.05) is 20.8 Å². The molecule has 1 aliphatic rings. The second-order valence-electron chi connectivity index (χ2n) is 7.20. The number of fused-ring (bicyclic) bond motifs is 1. The number of hydrogen-bond acceptors (Lipinski definition) is 3. The van der Waals surface area contributed by atoms with Crippen molar-refractivity contribution in [3.63, 3.8) is 0 Å². The number of likely N-dealkylation sites (N-methyl/N-ethyl adjacent to an activating group) is 2. The van der Waals surface area contributed by atoms with E-state index >= 15 is 0 Å². The number of rotatable bonds is 4. The van der Waals surface area contributed by atoms with Gasteiger partial charge in [-0.25, -0.2) is 0 Å². The Morgan fingerprint density at radius 1 is 1.48 bits per heavy atom. The molecule has 1 heterocycles. The van der Waals surface area contributed by atoms with E-state index in [9.17, 15) is 4.79 Å². The molecule has 4 heteroatoms. The molecule has 0 aromatic carbocycles. The first kappa shape index (κ1) is 16.5. The number of carbonyl (C=O) groups excluding carboxylic acids is 1. The monoisotopic (exact) mass is 308 g/mol. The number of nitrogens with one attached hydrogen (secondary N) is 1. The first-order valence-corrected chi connectivity index (χ1v) is 8.66. The summed E-state index contributed by atoms with van der Waals surface area (Å²) in [4.78, 5) is 16.6. The highest BCUT2D eigenvalue weighted by Crippen LogP contribution is 2.40. The number of thiophene rings is 1. The van der Waals surface area contributed by atoms with Crippen LogP contribution in [0.15, 0.2) is 6.07 Å². The van der Waals surface area contributed by atoms with Crippen LogP contribution in [0.5, 0.6) is 0 Å². The Morgan fingerprint density at radius 2 is 2.19 bits per heavy atom. The summed E-state index contributed by atoms with van der Waals surface area (Å²) in [7, 11) is 3.80. The van der Waals surface area contributed by atoms with E-state index in [1.807, 2.05) is 19.0 Å². The maximum Gasteiger partial charge on any atom is 0.263 e. The van der Waals surface area contributed by atoms with Crippen molar-refractivity contribution in [1.29, 1.82) is 0 Å². The van der Waals surface area contributed by atoms with Gasteiger partial charge in [0.05, 0.1) is 4.88 Å². The van der Waals surface area contributed by atoms with Gasteiger partial charge in [0.25, 0.3) is 5.91 Å². The van der Waals surface area contributed by atoms with Crippen LogP contribution in [0.4, 0.5) is 0 Å². The third-order valence-electron chi connectivity index (χ3n) is 4.56. The van der Waals surface area contributed by atoms with Crippen LogP contribution in [0.2, 0.25) is 0 Å². The van der Waals surface area contributed by atoms with Crippen LogP contribution in [-0.4, -0.2) is 38.0 Å². The Kier molecular flexibility index (Phi) is 5.10. The summed E-state index contributed by atoms with van der Waals surface area (Å²) in [6.07, 6.45) is 3.51. The predicted molar refractivity (Wildman–Crippen MR) is 90.2 cm³/mol. The lowest BCUT2D eigenvalue weighted by Gasteiger charge is -2.33. The van der Waals surface area contributed by atoms with Crippen LogP contribution in [-0.2, 0) is 12.8 Å². The largest absolute Gasteiger partial charge is 0.340 e. The quantitative estimate of drug-likeness (QED) is 0.926. The Morgan fingerprint density at radius 3 is 2.81 bits per heavy atom. The Labute approximate surface area is 132 Å². The molecular formula is C17H28N2OS. The van der Waals surface area contributed by atoms with Crippen molar-refractivity contribution in [3.8, 4) is 0 Å². The molecule has 1 unspecified atom stereocenters. The first-order valence-electron chi connectivity index (χ1n) is 7.84. The molecule has 1 aromatic heterocycles. The smallest absolute Gasteiger partial charge is 0.263 e. The molecule has 0 saturated heterocycles. The molecular weight excluding hydrogens is 280 g/mol. The lowest BCUT2D eigenvalue weighted by atomic mass is 9.72. The molecule has 0 aliphatic heterocycles. The highest BCUT2D eigenvalue weighted by Gasteiger charge is 2.30. The highest BCUT2D eigenvalue weighted by molar-refractivity contribution is 7.14. The van der Waals surface area contributed by atoms with E-state index in [0.29, 0.717) is 5.41 Å². The van der Waals surface area contributed by atoms with Crippen LogP contribution in [0, 0.1) is 11.3 Å². The minimum Gasteiger partial charge on any atom is -0.340 e. The molecule has 0 spiro atoms. The fourth-order valence-electron chi connectivity index (χ4n) is 2.94. The molecule has 0 saturated carbocycles. The fraction of sp³-hybridized carbons (Fsp3) is 0.706. The predicted octanol–water partition coefficient (Wildman–Crippen LogP) is 3.19. The van der Waals surface area contributed by atoms with E-state index in [1.165, 1.54) is 16.9 Å². The minimum atomic E-state index is 0.164. The van der Waals surface area contributed by atoms with Gasteiger partial charge < -0.3 is 10.2 Å². The summed E-state index contributed by atoms with van der Waals surface area (Å²) >= 11 is 1.71. The van der Waals surface area contributed by atoms with Gasteiger partial charge in [0, 0.05) is 25.0 Å².